The van der Waals surface area contributed by atoms with Crippen molar-refractivity contribution in [3.63, 3.8) is 0 Å². The van der Waals surface area contributed by atoms with E-state index in [-0.39, 0.29) is 18.4 Å². The molecular formula is C21H33N3O3. The first-order valence-electron chi connectivity index (χ1n) is 10.7. The van der Waals surface area contributed by atoms with Gasteiger partial charge in [0.1, 0.15) is 5.76 Å². The number of hydrogen-bond acceptors (Lipinski definition) is 5. The molecule has 1 aromatic rings. The van der Waals surface area contributed by atoms with Crippen LogP contribution in [0.5, 0.6) is 0 Å². The summed E-state index contributed by atoms with van der Waals surface area (Å²) in [6.07, 6.45) is 6.37. The molecular weight excluding hydrogens is 342 g/mol. The summed E-state index contributed by atoms with van der Waals surface area (Å²) in [5, 5.41) is 9.81. The molecule has 4 rings (SSSR count). The van der Waals surface area contributed by atoms with Crippen molar-refractivity contribution in [3.8, 4) is 0 Å². The lowest BCUT2D eigenvalue weighted by molar-refractivity contribution is 0.0743. The van der Waals surface area contributed by atoms with Gasteiger partial charge in [-0.05, 0) is 69.9 Å². The average Bonchev–Trinajstić information content (AvgIpc) is 3.44. The minimum absolute atomic E-state index is 0.0257. The summed E-state index contributed by atoms with van der Waals surface area (Å²) >= 11 is 0. The standard InChI is InChI=1S/C21H33N3O3/c25-16-18-14-24(13-17(18)12-22-8-2-1-3-9-22)21(26)20-7-6-19(27-20)15-23-10-4-5-11-23/h6-7,17-18,25H,1-5,8-16H2/t17-,18-/m0/s1. The second-order valence-electron chi connectivity index (χ2n) is 8.52. The Kier molecular flexibility index (Phi) is 6.15. The highest BCUT2D eigenvalue weighted by Crippen LogP contribution is 2.27. The molecule has 0 unspecified atom stereocenters. The predicted molar refractivity (Wildman–Crippen MR) is 103 cm³/mol. The number of aliphatic hydroxyl groups is 1. The first kappa shape index (κ1) is 19.0. The van der Waals surface area contributed by atoms with Gasteiger partial charge in [-0.25, -0.2) is 0 Å². The quantitative estimate of drug-likeness (QED) is 0.825. The Morgan fingerprint density at radius 2 is 1.63 bits per heavy atom. The highest BCUT2D eigenvalue weighted by Gasteiger charge is 2.37. The fourth-order valence-corrected chi connectivity index (χ4v) is 4.89. The summed E-state index contributed by atoms with van der Waals surface area (Å²) in [5.74, 6) is 1.83. The van der Waals surface area contributed by atoms with Crippen molar-refractivity contribution in [2.24, 2.45) is 11.8 Å². The molecule has 1 aromatic heterocycles. The first-order chi connectivity index (χ1) is 13.2. The van der Waals surface area contributed by atoms with E-state index in [1.807, 2.05) is 17.0 Å². The van der Waals surface area contributed by atoms with Gasteiger partial charge in [0.25, 0.3) is 5.91 Å². The van der Waals surface area contributed by atoms with Crippen LogP contribution in [0.1, 0.15) is 48.4 Å². The Labute approximate surface area is 162 Å². The van der Waals surface area contributed by atoms with E-state index in [0.717, 1.165) is 51.6 Å². The Bertz CT molecular complexity index is 620. The second-order valence-corrected chi connectivity index (χ2v) is 8.52. The zero-order valence-electron chi connectivity index (χ0n) is 16.3. The van der Waals surface area contributed by atoms with Crippen LogP contribution in [-0.2, 0) is 6.54 Å². The van der Waals surface area contributed by atoms with Gasteiger partial charge in [-0.1, -0.05) is 6.42 Å². The van der Waals surface area contributed by atoms with E-state index < -0.39 is 0 Å². The molecule has 0 bridgehead atoms. The van der Waals surface area contributed by atoms with Crippen LogP contribution in [-0.4, -0.2) is 78.1 Å². The van der Waals surface area contributed by atoms with Crippen LogP contribution < -0.4 is 0 Å². The number of carbonyl (C=O) groups is 1. The van der Waals surface area contributed by atoms with E-state index in [2.05, 4.69) is 9.80 Å². The van der Waals surface area contributed by atoms with Gasteiger partial charge in [0.2, 0.25) is 0 Å². The summed E-state index contributed by atoms with van der Waals surface area (Å²) in [6, 6.07) is 3.76. The van der Waals surface area contributed by atoms with Crippen LogP contribution in [0, 0.1) is 11.8 Å². The summed E-state index contributed by atoms with van der Waals surface area (Å²) in [7, 11) is 0. The molecule has 3 saturated heterocycles. The number of likely N-dealkylation sites (tertiary alicyclic amines) is 3. The molecule has 3 aliphatic heterocycles. The second kappa shape index (κ2) is 8.76. The third-order valence-corrected chi connectivity index (χ3v) is 6.49. The molecule has 2 atom stereocenters. The van der Waals surface area contributed by atoms with Crippen LogP contribution >= 0.6 is 0 Å². The van der Waals surface area contributed by atoms with Crippen molar-refractivity contribution in [2.75, 3.05) is 52.4 Å². The Balaban J connectivity index is 1.34. The van der Waals surface area contributed by atoms with Crippen molar-refractivity contribution in [1.29, 1.82) is 0 Å². The number of rotatable bonds is 6. The van der Waals surface area contributed by atoms with Gasteiger partial charge in [-0.3, -0.25) is 9.69 Å². The van der Waals surface area contributed by atoms with E-state index in [0.29, 0.717) is 18.2 Å². The molecule has 6 heteroatoms. The number of piperidine rings is 1. The molecule has 150 valence electrons. The number of aliphatic hydroxyl groups excluding tert-OH is 1. The van der Waals surface area contributed by atoms with Gasteiger partial charge in [0.15, 0.2) is 5.76 Å². The van der Waals surface area contributed by atoms with Gasteiger partial charge in [0, 0.05) is 32.2 Å². The molecule has 1 amide bonds. The normalized spacial score (nSPS) is 27.5. The number of furan rings is 1. The molecule has 0 aromatic carbocycles. The predicted octanol–water partition coefficient (Wildman–Crippen LogP) is 2.04. The van der Waals surface area contributed by atoms with Crippen molar-refractivity contribution in [1.82, 2.24) is 14.7 Å². The van der Waals surface area contributed by atoms with E-state index >= 15 is 0 Å². The third kappa shape index (κ3) is 4.55. The number of amides is 1. The van der Waals surface area contributed by atoms with Gasteiger partial charge in [-0.15, -0.1) is 0 Å². The lowest BCUT2D eigenvalue weighted by atomic mass is 9.95. The largest absolute Gasteiger partial charge is 0.455 e. The van der Waals surface area contributed by atoms with Gasteiger partial charge >= 0.3 is 0 Å². The first-order valence-corrected chi connectivity index (χ1v) is 10.7. The zero-order valence-corrected chi connectivity index (χ0v) is 16.3. The monoisotopic (exact) mass is 375 g/mol. The lowest BCUT2D eigenvalue weighted by Gasteiger charge is -2.30. The van der Waals surface area contributed by atoms with Crippen molar-refractivity contribution in [2.45, 2.75) is 38.6 Å². The van der Waals surface area contributed by atoms with Crippen molar-refractivity contribution >= 4 is 5.91 Å². The molecule has 0 radical (unpaired) electrons. The van der Waals surface area contributed by atoms with Gasteiger partial charge < -0.3 is 19.3 Å². The molecule has 0 spiro atoms. The maximum atomic E-state index is 12.9. The van der Waals surface area contributed by atoms with Crippen LogP contribution in [0.25, 0.3) is 0 Å². The zero-order chi connectivity index (χ0) is 18.6. The third-order valence-electron chi connectivity index (χ3n) is 6.49. The summed E-state index contributed by atoms with van der Waals surface area (Å²) < 4.78 is 5.87. The van der Waals surface area contributed by atoms with Crippen molar-refractivity contribution in [3.05, 3.63) is 23.7 Å². The summed E-state index contributed by atoms with van der Waals surface area (Å²) in [5.41, 5.74) is 0. The smallest absolute Gasteiger partial charge is 0.289 e. The van der Waals surface area contributed by atoms with Crippen LogP contribution in [0.3, 0.4) is 0 Å². The fraction of sp³-hybridized carbons (Fsp3) is 0.762. The Morgan fingerprint density at radius 1 is 0.963 bits per heavy atom. The highest BCUT2D eigenvalue weighted by atomic mass is 16.4. The maximum absolute atomic E-state index is 12.9. The molecule has 4 heterocycles. The Morgan fingerprint density at radius 3 is 2.37 bits per heavy atom. The summed E-state index contributed by atoms with van der Waals surface area (Å²) in [4.78, 5) is 19.7. The van der Waals surface area contributed by atoms with Crippen molar-refractivity contribution < 1.29 is 14.3 Å². The lowest BCUT2D eigenvalue weighted by Crippen LogP contribution is -2.37. The molecule has 6 nitrogen and oxygen atoms in total. The van der Waals surface area contributed by atoms with E-state index in [9.17, 15) is 9.90 Å². The Hall–Kier alpha value is -1.37. The van der Waals surface area contributed by atoms with Crippen LogP contribution in [0.15, 0.2) is 16.5 Å². The van der Waals surface area contributed by atoms with E-state index in [4.69, 9.17) is 4.42 Å². The number of hydrogen-bond donors (Lipinski definition) is 1. The van der Waals surface area contributed by atoms with Crippen LogP contribution in [0.4, 0.5) is 0 Å². The van der Waals surface area contributed by atoms with Gasteiger partial charge in [-0.2, -0.15) is 0 Å². The summed E-state index contributed by atoms with van der Waals surface area (Å²) in [6.45, 7) is 7.84. The van der Waals surface area contributed by atoms with E-state index in [1.165, 1.54) is 32.1 Å². The molecule has 3 fully saturated rings. The molecule has 27 heavy (non-hydrogen) atoms. The minimum atomic E-state index is -0.0257. The topological polar surface area (TPSA) is 60.2 Å². The number of nitrogens with zero attached hydrogens (tertiary/aromatic N) is 3. The average molecular weight is 376 g/mol. The van der Waals surface area contributed by atoms with Crippen LogP contribution in [0.2, 0.25) is 0 Å². The fourth-order valence-electron chi connectivity index (χ4n) is 4.89. The minimum Gasteiger partial charge on any atom is -0.455 e. The molecule has 0 saturated carbocycles. The number of carbonyl (C=O) groups excluding carboxylic acids is 1. The highest BCUT2D eigenvalue weighted by molar-refractivity contribution is 5.91. The molecule has 0 aliphatic carbocycles. The molecule has 3 aliphatic rings. The van der Waals surface area contributed by atoms with Gasteiger partial charge in [0.05, 0.1) is 6.54 Å². The van der Waals surface area contributed by atoms with E-state index in [1.54, 1.807) is 0 Å². The SMILES string of the molecule is O=C(c1ccc(CN2CCCC2)o1)N1C[C@@H](CO)[C@@H](CN2CCCCC2)C1. The maximum Gasteiger partial charge on any atom is 0.289 e. The molecule has 1 N–H and O–H groups in total.